The highest BCUT2D eigenvalue weighted by atomic mass is 16.5. The molecule has 0 spiro atoms. The number of amides is 1. The average Bonchev–Trinajstić information content (AvgIpc) is 2.89. The van der Waals surface area contributed by atoms with Gasteiger partial charge in [0.2, 0.25) is 5.91 Å². The van der Waals surface area contributed by atoms with Gasteiger partial charge in [0.1, 0.15) is 12.3 Å². The van der Waals surface area contributed by atoms with E-state index in [1.54, 1.807) is 30.5 Å². The zero-order valence-electron chi connectivity index (χ0n) is 11.8. The second kappa shape index (κ2) is 7.39. The number of anilines is 1. The topological polar surface area (TPSA) is 89.3 Å². The Morgan fingerprint density at radius 3 is 2.81 bits per heavy atom. The number of ether oxygens (including phenoxy) is 1. The normalized spacial score (nSPS) is 10.4. The molecule has 2 aromatic rings. The lowest BCUT2D eigenvalue weighted by molar-refractivity contribution is -0.116. The van der Waals surface area contributed by atoms with Crippen molar-refractivity contribution in [3.8, 4) is 5.75 Å². The van der Waals surface area contributed by atoms with Crippen molar-refractivity contribution >= 4 is 11.6 Å². The van der Waals surface area contributed by atoms with Crippen LogP contribution in [0.4, 0.5) is 5.69 Å². The fraction of sp³-hybridized carbons (Fsp3) is 0.357. The fourth-order valence-corrected chi connectivity index (χ4v) is 1.79. The van der Waals surface area contributed by atoms with E-state index in [4.69, 9.17) is 9.84 Å². The van der Waals surface area contributed by atoms with Gasteiger partial charge in [-0.15, -0.1) is 5.10 Å². The van der Waals surface area contributed by atoms with Crippen LogP contribution in [0, 0.1) is 0 Å². The molecule has 0 saturated heterocycles. The number of carbonyl (C=O) groups excluding carboxylic acids is 1. The molecule has 1 heterocycles. The number of benzene rings is 1. The van der Waals surface area contributed by atoms with Crippen LogP contribution in [-0.2, 0) is 17.8 Å². The van der Waals surface area contributed by atoms with Gasteiger partial charge in [0.25, 0.3) is 0 Å². The lowest BCUT2D eigenvalue weighted by Crippen LogP contribution is -2.19. The van der Waals surface area contributed by atoms with E-state index in [1.165, 1.54) is 4.68 Å². The van der Waals surface area contributed by atoms with E-state index < -0.39 is 0 Å². The summed E-state index contributed by atoms with van der Waals surface area (Å²) in [7, 11) is 0. The maximum Gasteiger partial charge on any atom is 0.246 e. The number of nitrogens with one attached hydrogen (secondary N) is 1. The number of aromatic nitrogens is 3. The minimum atomic E-state index is -0.195. The van der Waals surface area contributed by atoms with Gasteiger partial charge < -0.3 is 15.2 Å². The van der Waals surface area contributed by atoms with E-state index in [0.717, 1.165) is 5.75 Å². The summed E-state index contributed by atoms with van der Waals surface area (Å²) in [4.78, 5) is 11.9. The van der Waals surface area contributed by atoms with Crippen molar-refractivity contribution in [3.05, 3.63) is 36.2 Å². The van der Waals surface area contributed by atoms with Gasteiger partial charge >= 0.3 is 0 Å². The van der Waals surface area contributed by atoms with E-state index in [1.807, 2.05) is 6.92 Å². The predicted octanol–water partition coefficient (Wildman–Crippen LogP) is 0.850. The molecule has 0 fully saturated rings. The Morgan fingerprint density at radius 1 is 1.38 bits per heavy atom. The zero-order valence-corrected chi connectivity index (χ0v) is 11.8. The van der Waals surface area contributed by atoms with Gasteiger partial charge in [0.05, 0.1) is 12.3 Å². The van der Waals surface area contributed by atoms with E-state index in [-0.39, 0.29) is 19.1 Å². The first kappa shape index (κ1) is 15.0. The monoisotopic (exact) mass is 290 g/mol. The number of hydrogen-bond donors (Lipinski definition) is 2. The molecule has 7 heteroatoms. The molecule has 0 saturated carbocycles. The first-order valence-electron chi connectivity index (χ1n) is 6.74. The van der Waals surface area contributed by atoms with Crippen molar-refractivity contribution in [3.63, 3.8) is 0 Å². The second-order valence-electron chi connectivity index (χ2n) is 4.39. The summed E-state index contributed by atoms with van der Waals surface area (Å²) in [6, 6.07) is 7.16. The van der Waals surface area contributed by atoms with Gasteiger partial charge in [-0.05, 0) is 31.2 Å². The van der Waals surface area contributed by atoms with E-state index >= 15 is 0 Å². The van der Waals surface area contributed by atoms with Gasteiger partial charge in [-0.25, -0.2) is 4.68 Å². The summed E-state index contributed by atoms with van der Waals surface area (Å²) in [5.74, 6) is 0.569. The molecular weight excluding hydrogens is 272 g/mol. The highest BCUT2D eigenvalue weighted by Crippen LogP contribution is 2.15. The molecule has 21 heavy (non-hydrogen) atoms. The molecule has 1 amide bonds. The van der Waals surface area contributed by atoms with Crippen molar-refractivity contribution in [2.24, 2.45) is 0 Å². The lowest BCUT2D eigenvalue weighted by atomic mass is 10.3. The van der Waals surface area contributed by atoms with Gasteiger partial charge in [0.15, 0.2) is 0 Å². The van der Waals surface area contributed by atoms with Crippen molar-refractivity contribution in [1.29, 1.82) is 0 Å². The maximum atomic E-state index is 11.9. The molecule has 0 unspecified atom stereocenters. The van der Waals surface area contributed by atoms with Gasteiger partial charge in [-0.1, -0.05) is 5.21 Å². The first-order chi connectivity index (χ1) is 10.2. The second-order valence-corrected chi connectivity index (χ2v) is 4.39. The van der Waals surface area contributed by atoms with Crippen LogP contribution in [0.25, 0.3) is 0 Å². The molecule has 0 atom stereocenters. The summed E-state index contributed by atoms with van der Waals surface area (Å²) in [5.41, 5.74) is 1.35. The Hall–Kier alpha value is -2.41. The van der Waals surface area contributed by atoms with Crippen LogP contribution < -0.4 is 10.1 Å². The predicted molar refractivity (Wildman–Crippen MR) is 77.1 cm³/mol. The molecule has 2 rings (SSSR count). The average molecular weight is 290 g/mol. The van der Waals surface area contributed by atoms with Crippen LogP contribution in [0.1, 0.15) is 12.6 Å². The van der Waals surface area contributed by atoms with Crippen LogP contribution in [-0.4, -0.2) is 39.2 Å². The van der Waals surface area contributed by atoms with Crippen molar-refractivity contribution in [2.75, 3.05) is 18.5 Å². The molecule has 0 aliphatic carbocycles. The largest absolute Gasteiger partial charge is 0.494 e. The minimum Gasteiger partial charge on any atom is -0.494 e. The molecule has 1 aromatic carbocycles. The number of nitrogens with zero attached hydrogens (tertiary/aromatic N) is 3. The summed E-state index contributed by atoms with van der Waals surface area (Å²) in [5, 5.41) is 19.3. The van der Waals surface area contributed by atoms with Crippen molar-refractivity contribution in [1.82, 2.24) is 15.0 Å². The molecule has 112 valence electrons. The Balaban J connectivity index is 1.88. The quantitative estimate of drug-likeness (QED) is 0.789. The molecule has 0 aliphatic heterocycles. The standard InChI is InChI=1S/C14H18N4O3/c1-2-21-13-5-3-11(4-6-13)15-14(20)10-18-9-12(7-8-19)16-17-18/h3-6,9,19H,2,7-8,10H2,1H3,(H,15,20). The zero-order chi connectivity index (χ0) is 15.1. The molecule has 1 aromatic heterocycles. The minimum absolute atomic E-state index is 0.0110. The molecule has 2 N–H and O–H groups in total. The van der Waals surface area contributed by atoms with Crippen molar-refractivity contribution < 1.29 is 14.6 Å². The van der Waals surface area contributed by atoms with Gasteiger partial charge in [-0.3, -0.25) is 4.79 Å². The lowest BCUT2D eigenvalue weighted by Gasteiger charge is -2.07. The summed E-state index contributed by atoms with van der Waals surface area (Å²) < 4.78 is 6.77. The fourth-order valence-electron chi connectivity index (χ4n) is 1.79. The van der Waals surface area contributed by atoms with Gasteiger partial charge in [0, 0.05) is 24.9 Å². The van der Waals surface area contributed by atoms with Crippen LogP contribution in [0.15, 0.2) is 30.5 Å². The summed E-state index contributed by atoms with van der Waals surface area (Å²) >= 11 is 0. The maximum absolute atomic E-state index is 11.9. The van der Waals surface area contributed by atoms with Crippen LogP contribution >= 0.6 is 0 Å². The summed E-state index contributed by atoms with van der Waals surface area (Å²) in [6.45, 7) is 2.61. The third-order valence-electron chi connectivity index (χ3n) is 2.71. The Bertz CT molecular complexity index is 580. The molecule has 0 bridgehead atoms. The highest BCUT2D eigenvalue weighted by Gasteiger charge is 2.06. The van der Waals surface area contributed by atoms with Gasteiger partial charge in [-0.2, -0.15) is 0 Å². The number of aliphatic hydroxyl groups is 1. The smallest absolute Gasteiger partial charge is 0.246 e. The van der Waals surface area contributed by atoms with E-state index in [9.17, 15) is 4.79 Å². The Morgan fingerprint density at radius 2 is 2.14 bits per heavy atom. The van der Waals surface area contributed by atoms with Crippen LogP contribution in [0.2, 0.25) is 0 Å². The Kier molecular flexibility index (Phi) is 5.28. The number of rotatable bonds is 7. The van der Waals surface area contributed by atoms with E-state index in [0.29, 0.717) is 24.4 Å². The number of aliphatic hydroxyl groups excluding tert-OH is 1. The summed E-state index contributed by atoms with van der Waals surface area (Å²) in [6.07, 6.45) is 2.08. The molecule has 0 aliphatic rings. The first-order valence-corrected chi connectivity index (χ1v) is 6.74. The number of hydrogen-bond acceptors (Lipinski definition) is 5. The van der Waals surface area contributed by atoms with Crippen LogP contribution in [0.5, 0.6) is 5.75 Å². The molecule has 7 nitrogen and oxygen atoms in total. The molecular formula is C14H18N4O3. The third kappa shape index (κ3) is 4.57. The molecule has 0 radical (unpaired) electrons. The van der Waals surface area contributed by atoms with E-state index in [2.05, 4.69) is 15.6 Å². The Labute approximate surface area is 122 Å². The highest BCUT2D eigenvalue weighted by molar-refractivity contribution is 5.90. The van der Waals surface area contributed by atoms with Crippen molar-refractivity contribution in [2.45, 2.75) is 19.9 Å². The number of carbonyl (C=O) groups is 1. The third-order valence-corrected chi connectivity index (χ3v) is 2.71. The van der Waals surface area contributed by atoms with Crippen LogP contribution in [0.3, 0.4) is 0 Å². The SMILES string of the molecule is CCOc1ccc(NC(=O)Cn2cc(CCO)nn2)cc1.